The first kappa shape index (κ1) is 20.6. The molecule has 0 unspecified atom stereocenters. The molecule has 1 heterocycles. The van der Waals surface area contributed by atoms with Gasteiger partial charge < -0.3 is 14.8 Å². The Kier molecular flexibility index (Phi) is 6.54. The second-order valence-corrected chi connectivity index (χ2v) is 7.39. The molecule has 1 aromatic heterocycles. The maximum absolute atomic E-state index is 12.5. The summed E-state index contributed by atoms with van der Waals surface area (Å²) in [5, 5.41) is 2.89. The molecule has 0 saturated carbocycles. The summed E-state index contributed by atoms with van der Waals surface area (Å²) in [5.41, 5.74) is 4.04. The van der Waals surface area contributed by atoms with Crippen LogP contribution in [0.4, 0.5) is 5.69 Å². The highest BCUT2D eigenvalue weighted by Crippen LogP contribution is 2.19. The lowest BCUT2D eigenvalue weighted by atomic mass is 10.2. The lowest BCUT2D eigenvalue weighted by Gasteiger charge is -2.09. The quantitative estimate of drug-likeness (QED) is 0.412. The van der Waals surface area contributed by atoms with Gasteiger partial charge in [-0.1, -0.05) is 30.3 Å². The van der Waals surface area contributed by atoms with Crippen LogP contribution in [0.25, 0.3) is 0 Å². The van der Waals surface area contributed by atoms with Crippen LogP contribution in [0.2, 0.25) is 0 Å². The van der Waals surface area contributed by atoms with E-state index in [1.165, 1.54) is 11.7 Å². The number of hydrogen-bond donors (Lipinski definition) is 1. The molecule has 1 amide bonds. The molecule has 0 bridgehead atoms. The first-order valence-corrected chi connectivity index (χ1v) is 10.5. The molecule has 0 spiro atoms. The van der Waals surface area contributed by atoms with Gasteiger partial charge in [-0.3, -0.25) is 4.79 Å². The normalized spacial score (nSPS) is 10.5. The van der Waals surface area contributed by atoms with Crippen LogP contribution in [0.15, 0.2) is 78.9 Å². The second kappa shape index (κ2) is 9.86. The molecule has 6 nitrogen and oxygen atoms in total. The molecule has 0 atom stereocenters. The van der Waals surface area contributed by atoms with Crippen LogP contribution in [0, 0.1) is 6.92 Å². The van der Waals surface area contributed by atoms with Crippen molar-refractivity contribution in [1.29, 1.82) is 0 Å². The minimum atomic E-state index is -0.191. The van der Waals surface area contributed by atoms with Crippen molar-refractivity contribution in [2.75, 3.05) is 5.32 Å². The molecule has 0 fully saturated rings. The number of carbonyl (C=O) groups is 1. The standard InChI is InChI=1S/C24H21N3O3S/c1-17-23(27-31-26-17)16-30-21-11-7-19(8-12-21)24(28)25-20-9-13-22(14-10-20)29-15-18-5-3-2-4-6-18/h2-14H,15-16H2,1H3,(H,25,28). The third-order valence-corrected chi connectivity index (χ3v) is 5.26. The predicted molar refractivity (Wildman–Crippen MR) is 121 cm³/mol. The van der Waals surface area contributed by atoms with E-state index in [1.54, 1.807) is 24.3 Å². The number of benzene rings is 3. The Morgan fingerprint density at radius 3 is 2.13 bits per heavy atom. The first-order valence-electron chi connectivity index (χ1n) is 9.76. The number of nitrogens with one attached hydrogen (secondary N) is 1. The lowest BCUT2D eigenvalue weighted by molar-refractivity contribution is 0.102. The SMILES string of the molecule is Cc1nsnc1COc1ccc(C(=O)Nc2ccc(OCc3ccccc3)cc2)cc1. The molecule has 3 aromatic carbocycles. The average molecular weight is 432 g/mol. The van der Waals surface area contributed by atoms with Crippen molar-refractivity contribution in [3.63, 3.8) is 0 Å². The zero-order valence-corrected chi connectivity index (χ0v) is 17.8. The zero-order valence-electron chi connectivity index (χ0n) is 16.9. The molecule has 4 aromatic rings. The van der Waals surface area contributed by atoms with Crippen molar-refractivity contribution in [1.82, 2.24) is 8.75 Å². The fourth-order valence-corrected chi connectivity index (χ4v) is 3.37. The minimum absolute atomic E-state index is 0.191. The van der Waals surface area contributed by atoms with Crippen molar-refractivity contribution in [3.05, 3.63) is 101 Å². The summed E-state index contributed by atoms with van der Waals surface area (Å²) in [6, 6.07) is 24.3. The van der Waals surface area contributed by atoms with Crippen LogP contribution in [0.1, 0.15) is 27.3 Å². The summed E-state index contributed by atoms with van der Waals surface area (Å²) >= 11 is 1.17. The number of aryl methyl sites for hydroxylation is 1. The van der Waals surface area contributed by atoms with E-state index in [2.05, 4.69) is 14.1 Å². The molecular weight excluding hydrogens is 410 g/mol. The summed E-state index contributed by atoms with van der Waals surface area (Å²) in [6.45, 7) is 2.75. The molecule has 1 N–H and O–H groups in total. The minimum Gasteiger partial charge on any atom is -0.489 e. The molecule has 31 heavy (non-hydrogen) atoms. The van der Waals surface area contributed by atoms with Crippen molar-refractivity contribution in [3.8, 4) is 11.5 Å². The summed E-state index contributed by atoms with van der Waals surface area (Å²) in [4.78, 5) is 12.5. The molecule has 4 rings (SSSR count). The third kappa shape index (κ3) is 5.67. The summed E-state index contributed by atoms with van der Waals surface area (Å²) in [7, 11) is 0. The van der Waals surface area contributed by atoms with Gasteiger partial charge in [-0.25, -0.2) is 0 Å². The van der Waals surface area contributed by atoms with Crippen LogP contribution in [0.3, 0.4) is 0 Å². The van der Waals surface area contributed by atoms with Gasteiger partial charge in [0.2, 0.25) is 0 Å². The van der Waals surface area contributed by atoms with Crippen LogP contribution in [-0.2, 0) is 13.2 Å². The van der Waals surface area contributed by atoms with E-state index >= 15 is 0 Å². The van der Waals surface area contributed by atoms with Crippen molar-refractivity contribution >= 4 is 23.3 Å². The van der Waals surface area contributed by atoms with Gasteiger partial charge in [0.25, 0.3) is 5.91 Å². The summed E-state index contributed by atoms with van der Waals surface area (Å²) < 4.78 is 19.8. The fourth-order valence-electron chi connectivity index (χ4n) is 2.81. The number of rotatable bonds is 8. The van der Waals surface area contributed by atoms with E-state index < -0.39 is 0 Å². The summed E-state index contributed by atoms with van der Waals surface area (Å²) in [5.74, 6) is 1.22. The molecule has 0 saturated heterocycles. The molecule has 0 radical (unpaired) electrons. The fraction of sp³-hybridized carbons (Fsp3) is 0.125. The number of carbonyl (C=O) groups excluding carboxylic acids is 1. The Morgan fingerprint density at radius 2 is 1.48 bits per heavy atom. The molecule has 0 aliphatic rings. The van der Waals surface area contributed by atoms with E-state index in [-0.39, 0.29) is 5.91 Å². The Labute approximate surface area is 184 Å². The Balaban J connectivity index is 1.29. The number of hydrogen-bond acceptors (Lipinski definition) is 6. The Morgan fingerprint density at radius 1 is 0.839 bits per heavy atom. The van der Waals surface area contributed by atoms with Gasteiger partial charge in [-0.15, -0.1) is 0 Å². The number of anilines is 1. The third-order valence-electron chi connectivity index (χ3n) is 4.60. The van der Waals surface area contributed by atoms with Crippen molar-refractivity contribution in [2.24, 2.45) is 0 Å². The van der Waals surface area contributed by atoms with Crippen LogP contribution < -0.4 is 14.8 Å². The van der Waals surface area contributed by atoms with E-state index in [9.17, 15) is 4.79 Å². The van der Waals surface area contributed by atoms with Crippen LogP contribution in [-0.4, -0.2) is 14.7 Å². The Hall–Kier alpha value is -3.71. The maximum Gasteiger partial charge on any atom is 0.255 e. The zero-order chi connectivity index (χ0) is 21.5. The predicted octanol–water partition coefficient (Wildman–Crippen LogP) is 5.26. The topological polar surface area (TPSA) is 73.3 Å². The largest absolute Gasteiger partial charge is 0.489 e. The van der Waals surface area contributed by atoms with Crippen LogP contribution >= 0.6 is 11.7 Å². The van der Waals surface area contributed by atoms with Gasteiger partial charge in [0.05, 0.1) is 17.4 Å². The highest BCUT2D eigenvalue weighted by Gasteiger charge is 2.08. The van der Waals surface area contributed by atoms with E-state index in [1.807, 2.05) is 61.5 Å². The molecule has 0 aliphatic heterocycles. The van der Waals surface area contributed by atoms with Crippen molar-refractivity contribution < 1.29 is 14.3 Å². The highest BCUT2D eigenvalue weighted by atomic mass is 32.1. The number of nitrogens with zero attached hydrogens (tertiary/aromatic N) is 2. The lowest BCUT2D eigenvalue weighted by Crippen LogP contribution is -2.11. The van der Waals surface area contributed by atoms with E-state index in [4.69, 9.17) is 9.47 Å². The van der Waals surface area contributed by atoms with Gasteiger partial charge in [-0.2, -0.15) is 8.75 Å². The van der Waals surface area contributed by atoms with Gasteiger partial charge in [0.1, 0.15) is 30.4 Å². The van der Waals surface area contributed by atoms with Gasteiger partial charge >= 0.3 is 0 Å². The smallest absolute Gasteiger partial charge is 0.255 e. The first-order chi connectivity index (χ1) is 15.2. The summed E-state index contributed by atoms with van der Waals surface area (Å²) in [6.07, 6.45) is 0. The van der Waals surface area contributed by atoms with Crippen molar-refractivity contribution in [2.45, 2.75) is 20.1 Å². The van der Waals surface area contributed by atoms with E-state index in [0.29, 0.717) is 30.2 Å². The second-order valence-electron chi connectivity index (χ2n) is 6.86. The van der Waals surface area contributed by atoms with E-state index in [0.717, 1.165) is 22.7 Å². The molecule has 7 heteroatoms. The Bertz CT molecular complexity index is 1130. The number of amides is 1. The maximum atomic E-state index is 12.5. The molecule has 0 aliphatic carbocycles. The molecular formula is C24H21N3O3S. The van der Waals surface area contributed by atoms with Crippen LogP contribution in [0.5, 0.6) is 11.5 Å². The molecule has 156 valence electrons. The average Bonchev–Trinajstić information content (AvgIpc) is 3.23. The van der Waals surface area contributed by atoms with Gasteiger partial charge in [-0.05, 0) is 61.0 Å². The number of ether oxygens (including phenoxy) is 2. The highest BCUT2D eigenvalue weighted by molar-refractivity contribution is 6.99. The van der Waals surface area contributed by atoms with Gasteiger partial charge in [0.15, 0.2) is 0 Å². The number of aromatic nitrogens is 2. The monoisotopic (exact) mass is 431 g/mol. The van der Waals surface area contributed by atoms with Gasteiger partial charge in [0, 0.05) is 11.3 Å².